The summed E-state index contributed by atoms with van der Waals surface area (Å²) in [5.41, 5.74) is 5.45. The Morgan fingerprint density at radius 1 is 1.03 bits per heavy atom. The lowest BCUT2D eigenvalue weighted by Crippen LogP contribution is -2.29. The van der Waals surface area contributed by atoms with Crippen LogP contribution in [0.15, 0.2) is 54.6 Å². The predicted molar refractivity (Wildman–Crippen MR) is 158 cm³/mol. The minimum Gasteiger partial charge on any atom is -0.461 e. The number of esters is 1. The molecule has 0 amide bonds. The highest BCUT2D eigenvalue weighted by atomic mass is 32.1. The highest BCUT2D eigenvalue weighted by molar-refractivity contribution is 7.81. The summed E-state index contributed by atoms with van der Waals surface area (Å²) in [6.45, 7) is 6.20. The first-order valence-corrected chi connectivity index (χ1v) is 14.0. The van der Waals surface area contributed by atoms with Gasteiger partial charge in [-0.2, -0.15) is 29.8 Å². The van der Waals surface area contributed by atoms with Gasteiger partial charge in [0.1, 0.15) is 12.6 Å². The van der Waals surface area contributed by atoms with Gasteiger partial charge in [-0.25, -0.2) is 0 Å². The van der Waals surface area contributed by atoms with Crippen molar-refractivity contribution in [1.29, 1.82) is 0 Å². The molecule has 2 N–H and O–H groups in total. The van der Waals surface area contributed by atoms with Gasteiger partial charge in [0.05, 0.1) is 25.0 Å². The lowest BCUT2D eigenvalue weighted by molar-refractivity contribution is -0.438. The number of ether oxygens (including phenoxy) is 1. The summed E-state index contributed by atoms with van der Waals surface area (Å²) in [6, 6.07) is 16.5. The van der Waals surface area contributed by atoms with Gasteiger partial charge in [0, 0.05) is 54.4 Å². The molecule has 1 aliphatic heterocycles. The number of carbonyl (C=O) groups excluding carboxylic acids is 1. The number of hydrogen-bond acceptors (Lipinski definition) is 7. The van der Waals surface area contributed by atoms with Gasteiger partial charge in [0.15, 0.2) is 5.71 Å². The monoisotopic (exact) mass is 543 g/mol. The van der Waals surface area contributed by atoms with Crippen LogP contribution in [-0.2, 0) is 14.9 Å². The lowest BCUT2D eigenvalue weighted by Gasteiger charge is -2.22. The van der Waals surface area contributed by atoms with Gasteiger partial charge in [-0.05, 0) is 37.6 Å². The molecule has 6 nitrogen and oxygen atoms in total. The zero-order valence-corrected chi connectivity index (χ0v) is 23.5. The van der Waals surface area contributed by atoms with E-state index in [0.717, 1.165) is 11.3 Å². The van der Waals surface area contributed by atoms with Crippen molar-refractivity contribution in [2.45, 2.75) is 38.2 Å². The summed E-state index contributed by atoms with van der Waals surface area (Å²) in [7, 11) is 0. The highest BCUT2D eigenvalue weighted by Gasteiger charge is 2.43. The molecule has 0 fully saturated rings. The summed E-state index contributed by atoms with van der Waals surface area (Å²) in [6.07, 6.45) is 5.03. The molecular weight excluding hydrogens is 504 g/mol. The number of thiol groups is 2. The summed E-state index contributed by atoms with van der Waals surface area (Å²) in [4.78, 5) is 14.3. The average molecular weight is 544 g/mol. The number of allylic oxidation sites excluding steroid dienone is 1. The normalized spacial score (nSPS) is 14.5. The van der Waals surface area contributed by atoms with Crippen LogP contribution in [0.2, 0.25) is 0 Å². The maximum absolute atomic E-state index is 12.3. The minimum absolute atomic E-state index is 0.0358. The Morgan fingerprint density at radius 3 is 2.30 bits per heavy atom. The molecule has 0 bridgehead atoms. The first kappa shape index (κ1) is 29.3. The number of aliphatic hydroxyl groups is 2. The van der Waals surface area contributed by atoms with E-state index in [1.807, 2.05) is 29.2 Å². The quantitative estimate of drug-likeness (QED) is 0.164. The van der Waals surface area contributed by atoms with Crippen LogP contribution in [0.25, 0.3) is 6.08 Å². The number of anilines is 1. The van der Waals surface area contributed by atoms with Crippen LogP contribution < -0.4 is 4.90 Å². The molecule has 0 atom stereocenters. The Hall–Kier alpha value is -2.26. The van der Waals surface area contributed by atoms with Crippen molar-refractivity contribution in [1.82, 2.24) is 0 Å². The molecule has 0 saturated carbocycles. The molecule has 0 aliphatic carbocycles. The Kier molecular flexibility index (Phi) is 11.1. The maximum Gasteiger partial charge on any atom is 0.306 e. The molecular formula is C29H39N2O4S2+. The molecule has 1 aliphatic rings. The second-order valence-corrected chi connectivity index (χ2v) is 10.3. The van der Waals surface area contributed by atoms with Crippen LogP contribution >= 0.6 is 25.3 Å². The third-order valence-electron chi connectivity index (χ3n) is 6.70. The van der Waals surface area contributed by atoms with E-state index in [1.54, 1.807) is 0 Å². The van der Waals surface area contributed by atoms with Crippen molar-refractivity contribution in [3.63, 3.8) is 0 Å². The second kappa shape index (κ2) is 14.0. The van der Waals surface area contributed by atoms with Crippen molar-refractivity contribution >= 4 is 54.4 Å². The first-order chi connectivity index (χ1) is 17.8. The predicted octanol–water partition coefficient (Wildman–Crippen LogP) is 4.12. The van der Waals surface area contributed by atoms with Crippen molar-refractivity contribution in [2.24, 2.45) is 0 Å². The van der Waals surface area contributed by atoms with E-state index in [-0.39, 0.29) is 30.7 Å². The van der Waals surface area contributed by atoms with E-state index in [9.17, 15) is 15.0 Å². The van der Waals surface area contributed by atoms with E-state index in [0.29, 0.717) is 44.0 Å². The van der Waals surface area contributed by atoms with Crippen molar-refractivity contribution in [3.05, 3.63) is 65.7 Å². The Bertz CT molecular complexity index is 1090. The summed E-state index contributed by atoms with van der Waals surface area (Å²) >= 11 is 8.43. The molecule has 200 valence electrons. The van der Waals surface area contributed by atoms with E-state index in [2.05, 4.69) is 80.1 Å². The molecule has 0 radical (unpaired) electrons. The Morgan fingerprint density at radius 2 is 1.68 bits per heavy atom. The van der Waals surface area contributed by atoms with Gasteiger partial charge in [-0.15, -0.1) is 0 Å². The number of nitrogens with zero attached hydrogens (tertiary/aromatic N) is 2. The fraction of sp³-hybridized carbons (Fsp3) is 0.448. The van der Waals surface area contributed by atoms with Gasteiger partial charge in [0.25, 0.3) is 0 Å². The third-order valence-corrected chi connectivity index (χ3v) is 7.51. The third kappa shape index (κ3) is 7.41. The van der Waals surface area contributed by atoms with Crippen molar-refractivity contribution in [2.75, 3.05) is 49.3 Å². The standard InChI is InChI=1S/C29H38N2O4S2/c1-29(2)25-6-3-4-7-26(25)31(15-5-8-28(34)35-24(20-36)21-37)27(29)14-11-22-9-12-23(13-10-22)30(16-18-32)17-19-33/h3-4,6-7,9-14,24,32-33H,5,8,15-21H2,1-2H3,(H-,36,37)/p+1. The molecule has 1 heterocycles. The molecule has 3 rings (SSSR count). The Balaban J connectivity index is 1.80. The van der Waals surface area contributed by atoms with Gasteiger partial charge in [0.2, 0.25) is 5.69 Å². The van der Waals surface area contributed by atoms with Crippen molar-refractivity contribution < 1.29 is 24.3 Å². The van der Waals surface area contributed by atoms with Crippen LogP contribution in [0.1, 0.15) is 37.8 Å². The lowest BCUT2D eigenvalue weighted by atomic mass is 9.81. The first-order valence-electron chi connectivity index (χ1n) is 12.8. The van der Waals surface area contributed by atoms with Crippen LogP contribution in [0.4, 0.5) is 11.4 Å². The Labute approximate surface area is 231 Å². The number of aliphatic hydroxyl groups excluding tert-OH is 2. The second-order valence-electron chi connectivity index (χ2n) is 9.62. The average Bonchev–Trinajstić information content (AvgIpc) is 3.12. The molecule has 8 heteroatoms. The molecule has 2 aromatic rings. The minimum atomic E-state index is -0.263. The number of carbonyl (C=O) groups is 1. The van der Waals surface area contributed by atoms with Crippen LogP contribution in [0.5, 0.6) is 0 Å². The number of para-hydroxylation sites is 1. The number of benzene rings is 2. The summed E-state index contributed by atoms with van der Waals surface area (Å²) in [5, 5.41) is 18.6. The van der Waals surface area contributed by atoms with E-state index in [4.69, 9.17) is 4.74 Å². The van der Waals surface area contributed by atoms with Gasteiger partial charge in [-0.1, -0.05) is 30.3 Å². The maximum atomic E-state index is 12.3. The molecule has 0 unspecified atom stereocenters. The SMILES string of the molecule is CC1(C)C(/C=C/c2ccc(N(CCO)CCO)cc2)=[N+](CCCC(=O)OC(CS)CS)c2ccccc21. The largest absolute Gasteiger partial charge is 0.461 e. The van der Waals surface area contributed by atoms with Crippen LogP contribution in [-0.4, -0.2) is 76.9 Å². The van der Waals surface area contributed by atoms with Crippen LogP contribution in [0, 0.1) is 0 Å². The van der Waals surface area contributed by atoms with Gasteiger partial charge < -0.3 is 19.8 Å². The molecule has 0 aromatic heterocycles. The topological polar surface area (TPSA) is 73.0 Å². The number of fused-ring (bicyclic) bond motifs is 1. The number of rotatable bonds is 14. The van der Waals surface area contributed by atoms with E-state index in [1.165, 1.54) is 17.0 Å². The van der Waals surface area contributed by atoms with Gasteiger partial charge in [-0.3, -0.25) is 4.79 Å². The smallest absolute Gasteiger partial charge is 0.306 e. The van der Waals surface area contributed by atoms with Crippen molar-refractivity contribution in [3.8, 4) is 0 Å². The van der Waals surface area contributed by atoms with E-state index >= 15 is 0 Å². The fourth-order valence-corrected chi connectivity index (χ4v) is 5.33. The molecule has 37 heavy (non-hydrogen) atoms. The zero-order chi connectivity index (χ0) is 26.8. The highest BCUT2D eigenvalue weighted by Crippen LogP contribution is 2.40. The molecule has 2 aromatic carbocycles. The van der Waals surface area contributed by atoms with E-state index < -0.39 is 0 Å². The summed E-state index contributed by atoms with van der Waals surface area (Å²) in [5.74, 6) is 0.717. The fourth-order valence-electron chi connectivity index (χ4n) is 4.72. The molecule has 0 saturated heterocycles. The zero-order valence-electron chi connectivity index (χ0n) is 21.7. The summed E-state index contributed by atoms with van der Waals surface area (Å²) < 4.78 is 7.76. The van der Waals surface area contributed by atoms with Crippen LogP contribution in [0.3, 0.4) is 0 Å². The van der Waals surface area contributed by atoms with Gasteiger partial charge >= 0.3 is 5.97 Å². The number of hydrogen-bond donors (Lipinski definition) is 4. The molecule has 0 spiro atoms.